The number of hydrogen-bond donors (Lipinski definition) is 2. The second kappa shape index (κ2) is 6.73. The third-order valence-electron chi connectivity index (χ3n) is 3.54. The van der Waals surface area contributed by atoms with Gasteiger partial charge < -0.3 is 4.90 Å². The van der Waals surface area contributed by atoms with Crippen LogP contribution in [0.4, 0.5) is 0 Å². The van der Waals surface area contributed by atoms with Crippen LogP contribution in [0.2, 0.25) is 0 Å². The van der Waals surface area contributed by atoms with E-state index in [1.54, 1.807) is 18.5 Å². The van der Waals surface area contributed by atoms with Crippen LogP contribution in [0.1, 0.15) is 24.6 Å². The van der Waals surface area contributed by atoms with Gasteiger partial charge >= 0.3 is 5.69 Å². The summed E-state index contributed by atoms with van der Waals surface area (Å²) in [6, 6.07) is 1.79. The second-order valence-electron chi connectivity index (χ2n) is 5.06. The summed E-state index contributed by atoms with van der Waals surface area (Å²) in [5.74, 6) is 1.27. The number of rotatable bonds is 4. The molecule has 8 nitrogen and oxygen atoms in total. The molecule has 0 radical (unpaired) electrons. The molecule has 9 heteroatoms. The van der Waals surface area contributed by atoms with Gasteiger partial charge in [0, 0.05) is 31.4 Å². The number of amides is 1. The van der Waals surface area contributed by atoms with Gasteiger partial charge in [-0.05, 0) is 18.9 Å². The van der Waals surface area contributed by atoms with Gasteiger partial charge in [-0.15, -0.1) is 5.10 Å². The van der Waals surface area contributed by atoms with Crippen LogP contribution in [0.3, 0.4) is 0 Å². The maximum absolute atomic E-state index is 12.3. The minimum absolute atomic E-state index is 0.0366. The first-order valence-electron chi connectivity index (χ1n) is 7.04. The molecular weight excluding hydrogens is 304 g/mol. The van der Waals surface area contributed by atoms with Gasteiger partial charge in [-0.25, -0.2) is 19.9 Å². The number of piperidine rings is 1. The van der Waals surface area contributed by atoms with Crippen molar-refractivity contribution in [2.24, 2.45) is 0 Å². The number of hydrogen-bond acceptors (Lipinski definition) is 6. The summed E-state index contributed by atoms with van der Waals surface area (Å²) in [4.78, 5) is 36.2. The highest BCUT2D eigenvalue weighted by Crippen LogP contribution is 2.24. The molecule has 2 N–H and O–H groups in total. The van der Waals surface area contributed by atoms with E-state index in [-0.39, 0.29) is 23.3 Å². The van der Waals surface area contributed by atoms with Crippen molar-refractivity contribution < 1.29 is 4.79 Å². The first kappa shape index (κ1) is 14.8. The fourth-order valence-corrected chi connectivity index (χ4v) is 3.20. The molecule has 2 aromatic rings. The topological polar surface area (TPSA) is 108 Å². The van der Waals surface area contributed by atoms with Crippen LogP contribution in [-0.4, -0.2) is 54.8 Å². The SMILES string of the molecule is O=C(CSc1n[nH]c(=O)[nH]1)N1CCCC(c2ncccn2)C1. The average Bonchev–Trinajstić information content (AvgIpc) is 2.99. The van der Waals surface area contributed by atoms with Gasteiger partial charge in [-0.3, -0.25) is 9.78 Å². The van der Waals surface area contributed by atoms with Gasteiger partial charge in [0.15, 0.2) is 5.16 Å². The summed E-state index contributed by atoms with van der Waals surface area (Å²) < 4.78 is 0. The smallest absolute Gasteiger partial charge is 0.341 e. The van der Waals surface area contributed by atoms with Gasteiger partial charge in [-0.2, -0.15) is 0 Å². The lowest BCUT2D eigenvalue weighted by molar-refractivity contribution is -0.129. The molecule has 1 amide bonds. The molecule has 1 atom stereocenters. The van der Waals surface area contributed by atoms with Crippen LogP contribution in [0.15, 0.2) is 28.4 Å². The molecular formula is C13H16N6O2S. The lowest BCUT2D eigenvalue weighted by atomic mass is 9.97. The van der Waals surface area contributed by atoms with Crippen LogP contribution in [0.5, 0.6) is 0 Å². The fraction of sp³-hybridized carbons (Fsp3) is 0.462. The Kier molecular flexibility index (Phi) is 4.52. The van der Waals surface area contributed by atoms with Crippen molar-refractivity contribution in [3.05, 3.63) is 34.8 Å². The second-order valence-corrected chi connectivity index (χ2v) is 6.02. The van der Waals surface area contributed by atoms with Gasteiger partial charge in [0.25, 0.3) is 0 Å². The number of aromatic amines is 2. The quantitative estimate of drug-likeness (QED) is 0.789. The summed E-state index contributed by atoms with van der Waals surface area (Å²) in [7, 11) is 0. The predicted molar refractivity (Wildman–Crippen MR) is 80.5 cm³/mol. The average molecular weight is 320 g/mol. The Labute approximate surface area is 130 Å². The number of H-pyrrole nitrogens is 2. The maximum atomic E-state index is 12.3. The first-order chi connectivity index (χ1) is 10.7. The minimum atomic E-state index is -0.366. The number of nitrogens with one attached hydrogen (secondary N) is 2. The van der Waals surface area contributed by atoms with E-state index in [1.165, 1.54) is 11.8 Å². The Morgan fingerprint density at radius 3 is 2.95 bits per heavy atom. The lowest BCUT2D eigenvalue weighted by Crippen LogP contribution is -2.40. The third-order valence-corrected chi connectivity index (χ3v) is 4.39. The van der Waals surface area contributed by atoms with Crippen LogP contribution in [0, 0.1) is 0 Å². The molecule has 22 heavy (non-hydrogen) atoms. The normalized spacial score (nSPS) is 18.4. The zero-order valence-electron chi connectivity index (χ0n) is 11.9. The Bertz CT molecular complexity index is 685. The predicted octanol–water partition coefficient (Wildman–Crippen LogP) is 0.386. The molecule has 0 aromatic carbocycles. The molecule has 3 rings (SSSR count). The molecule has 0 spiro atoms. The molecule has 0 aliphatic carbocycles. The van der Waals surface area contributed by atoms with E-state index < -0.39 is 0 Å². The number of carbonyl (C=O) groups is 1. The molecule has 1 fully saturated rings. The summed E-state index contributed by atoms with van der Waals surface area (Å²) in [5, 5.41) is 6.48. The molecule has 0 bridgehead atoms. The van der Waals surface area contributed by atoms with Gasteiger partial charge in [-0.1, -0.05) is 11.8 Å². The Morgan fingerprint density at radius 1 is 1.41 bits per heavy atom. The van der Waals surface area contributed by atoms with Crippen molar-refractivity contribution in [2.45, 2.75) is 23.9 Å². The Morgan fingerprint density at radius 2 is 2.23 bits per heavy atom. The molecule has 1 saturated heterocycles. The molecule has 116 valence electrons. The third kappa shape index (κ3) is 3.53. The number of likely N-dealkylation sites (tertiary alicyclic amines) is 1. The minimum Gasteiger partial charge on any atom is -0.341 e. The van der Waals surface area contributed by atoms with E-state index in [0.29, 0.717) is 11.7 Å². The molecule has 1 unspecified atom stereocenters. The van der Waals surface area contributed by atoms with Crippen molar-refractivity contribution in [2.75, 3.05) is 18.8 Å². The van der Waals surface area contributed by atoms with E-state index >= 15 is 0 Å². The Hall–Kier alpha value is -2.16. The highest BCUT2D eigenvalue weighted by Gasteiger charge is 2.26. The molecule has 1 aliphatic rings. The largest absolute Gasteiger partial charge is 0.341 e. The first-order valence-corrected chi connectivity index (χ1v) is 8.03. The standard InChI is InChI=1S/C13H16N6O2S/c20-10(8-22-13-16-12(21)17-18-13)19-6-1-3-9(7-19)11-14-4-2-5-15-11/h2,4-5,9H,1,3,6-8H2,(H2,16,17,18,21). The number of nitrogens with zero attached hydrogens (tertiary/aromatic N) is 4. The summed E-state index contributed by atoms with van der Waals surface area (Å²) in [6.45, 7) is 1.39. The fourth-order valence-electron chi connectivity index (χ4n) is 2.48. The van der Waals surface area contributed by atoms with E-state index in [9.17, 15) is 9.59 Å². The number of aromatic nitrogens is 5. The van der Waals surface area contributed by atoms with E-state index in [4.69, 9.17) is 0 Å². The number of thioether (sulfide) groups is 1. The summed E-state index contributed by atoms with van der Waals surface area (Å²) >= 11 is 1.22. The van der Waals surface area contributed by atoms with Crippen molar-refractivity contribution in [1.82, 2.24) is 30.0 Å². The van der Waals surface area contributed by atoms with Crippen molar-refractivity contribution >= 4 is 17.7 Å². The molecule has 0 saturated carbocycles. The van der Waals surface area contributed by atoms with Crippen LogP contribution in [-0.2, 0) is 4.79 Å². The van der Waals surface area contributed by atoms with Gasteiger partial charge in [0.05, 0.1) is 5.75 Å². The molecule has 1 aliphatic heterocycles. The van der Waals surface area contributed by atoms with E-state index in [0.717, 1.165) is 25.2 Å². The lowest BCUT2D eigenvalue weighted by Gasteiger charge is -2.31. The van der Waals surface area contributed by atoms with Crippen LogP contribution < -0.4 is 5.69 Å². The summed E-state index contributed by atoms with van der Waals surface area (Å²) in [5.41, 5.74) is -0.366. The van der Waals surface area contributed by atoms with Crippen LogP contribution in [0.25, 0.3) is 0 Å². The van der Waals surface area contributed by atoms with E-state index in [2.05, 4.69) is 25.1 Å². The zero-order chi connectivity index (χ0) is 15.4. The molecule has 3 heterocycles. The van der Waals surface area contributed by atoms with Gasteiger partial charge in [0.2, 0.25) is 5.91 Å². The van der Waals surface area contributed by atoms with Crippen molar-refractivity contribution in [3.8, 4) is 0 Å². The van der Waals surface area contributed by atoms with Crippen molar-refractivity contribution in [3.63, 3.8) is 0 Å². The van der Waals surface area contributed by atoms with Gasteiger partial charge in [0.1, 0.15) is 5.82 Å². The molecule has 2 aromatic heterocycles. The monoisotopic (exact) mass is 320 g/mol. The highest BCUT2D eigenvalue weighted by atomic mass is 32.2. The Balaban J connectivity index is 1.57. The maximum Gasteiger partial charge on any atom is 0.341 e. The summed E-state index contributed by atoms with van der Waals surface area (Å²) in [6.07, 6.45) is 5.39. The number of carbonyl (C=O) groups excluding carboxylic acids is 1. The van der Waals surface area contributed by atoms with Crippen LogP contribution >= 0.6 is 11.8 Å². The van der Waals surface area contributed by atoms with Crippen molar-refractivity contribution in [1.29, 1.82) is 0 Å². The highest BCUT2D eigenvalue weighted by molar-refractivity contribution is 7.99. The van der Waals surface area contributed by atoms with E-state index in [1.807, 2.05) is 4.90 Å². The zero-order valence-corrected chi connectivity index (χ0v) is 12.7.